The third-order valence-corrected chi connectivity index (χ3v) is 4.07. The first-order valence-electron chi connectivity index (χ1n) is 6.02. The van der Waals surface area contributed by atoms with Crippen LogP contribution in [0, 0.1) is 0 Å². The van der Waals surface area contributed by atoms with Crippen LogP contribution in [0.25, 0.3) is 0 Å². The normalized spacial score (nSPS) is 10.4. The molecule has 1 aromatic carbocycles. The van der Waals surface area contributed by atoms with Crippen molar-refractivity contribution in [3.05, 3.63) is 66.4 Å². The number of benzene rings is 1. The van der Waals surface area contributed by atoms with E-state index in [2.05, 4.69) is 37.2 Å². The van der Waals surface area contributed by atoms with Gasteiger partial charge in [0.2, 0.25) is 5.91 Å². The van der Waals surface area contributed by atoms with Crippen LogP contribution < -0.4 is 10.9 Å². The van der Waals surface area contributed by atoms with E-state index in [9.17, 15) is 9.59 Å². The fourth-order valence-electron chi connectivity index (χ4n) is 1.70. The summed E-state index contributed by atoms with van der Waals surface area (Å²) < 4.78 is 2.96. The summed E-state index contributed by atoms with van der Waals surface area (Å²) in [5, 5.41) is 3.31. The maximum absolute atomic E-state index is 11.9. The first-order chi connectivity index (χ1) is 9.95. The standard InChI is InChI=1S/C14H11Br2ClN2O2/c15-10-2-1-9(12(17)5-10)6-18-13(20)8-19-7-11(16)3-4-14(19)21/h1-5,7H,6,8H2,(H,18,20). The molecule has 0 aliphatic heterocycles. The zero-order valence-corrected chi connectivity index (χ0v) is 14.7. The van der Waals surface area contributed by atoms with Crippen LogP contribution in [0.5, 0.6) is 0 Å². The summed E-state index contributed by atoms with van der Waals surface area (Å²) in [6.07, 6.45) is 1.58. The molecule has 0 unspecified atom stereocenters. The third-order valence-electron chi connectivity index (χ3n) is 2.75. The predicted octanol–water partition coefficient (Wildman–Crippen LogP) is 3.34. The van der Waals surface area contributed by atoms with Crippen molar-refractivity contribution < 1.29 is 4.79 Å². The van der Waals surface area contributed by atoms with Gasteiger partial charge in [0.05, 0.1) is 0 Å². The van der Waals surface area contributed by atoms with Gasteiger partial charge in [-0.25, -0.2) is 0 Å². The molecule has 0 bridgehead atoms. The van der Waals surface area contributed by atoms with Gasteiger partial charge < -0.3 is 9.88 Å². The SMILES string of the molecule is O=C(Cn1cc(Br)ccc1=O)NCc1ccc(Br)cc1Cl. The Labute approximate surface area is 143 Å². The number of carbonyl (C=O) groups excluding carboxylic acids is 1. The molecule has 1 aromatic heterocycles. The van der Waals surface area contributed by atoms with Gasteiger partial charge in [0.1, 0.15) is 6.54 Å². The lowest BCUT2D eigenvalue weighted by Crippen LogP contribution is -2.31. The van der Waals surface area contributed by atoms with Crippen LogP contribution in [-0.4, -0.2) is 10.5 Å². The first kappa shape index (κ1) is 16.3. The van der Waals surface area contributed by atoms with E-state index in [0.29, 0.717) is 11.6 Å². The summed E-state index contributed by atoms with van der Waals surface area (Å²) in [5.41, 5.74) is 0.588. The molecule has 1 heterocycles. The van der Waals surface area contributed by atoms with E-state index >= 15 is 0 Å². The van der Waals surface area contributed by atoms with Gasteiger partial charge in [-0.15, -0.1) is 0 Å². The molecule has 0 aliphatic carbocycles. The average Bonchev–Trinajstić information content (AvgIpc) is 2.42. The zero-order valence-electron chi connectivity index (χ0n) is 10.8. The second kappa shape index (κ2) is 7.24. The largest absolute Gasteiger partial charge is 0.350 e. The third kappa shape index (κ3) is 4.69. The molecule has 1 N–H and O–H groups in total. The van der Waals surface area contributed by atoms with Gasteiger partial charge in [0.15, 0.2) is 0 Å². The Hall–Kier alpha value is -1.11. The van der Waals surface area contributed by atoms with Crippen LogP contribution in [0.15, 0.2) is 50.3 Å². The fraction of sp³-hybridized carbons (Fsp3) is 0.143. The van der Waals surface area contributed by atoms with E-state index in [1.54, 1.807) is 18.3 Å². The minimum Gasteiger partial charge on any atom is -0.350 e. The maximum atomic E-state index is 11.9. The Morgan fingerprint density at radius 3 is 2.62 bits per heavy atom. The Balaban J connectivity index is 1.99. The quantitative estimate of drug-likeness (QED) is 0.803. The monoisotopic (exact) mass is 432 g/mol. The molecule has 4 nitrogen and oxygen atoms in total. The number of rotatable bonds is 4. The van der Waals surface area contributed by atoms with E-state index in [4.69, 9.17) is 11.6 Å². The van der Waals surface area contributed by atoms with E-state index in [-0.39, 0.29) is 18.0 Å². The van der Waals surface area contributed by atoms with Crippen molar-refractivity contribution in [2.45, 2.75) is 13.1 Å². The van der Waals surface area contributed by atoms with Crippen molar-refractivity contribution in [2.24, 2.45) is 0 Å². The number of amides is 1. The number of halogens is 3. The van der Waals surface area contributed by atoms with Crippen LogP contribution >= 0.6 is 43.5 Å². The van der Waals surface area contributed by atoms with Crippen LogP contribution in [0.2, 0.25) is 5.02 Å². The zero-order chi connectivity index (χ0) is 15.4. The number of hydrogen-bond acceptors (Lipinski definition) is 2. The highest BCUT2D eigenvalue weighted by atomic mass is 79.9. The van der Waals surface area contributed by atoms with Crippen molar-refractivity contribution in [3.63, 3.8) is 0 Å². The lowest BCUT2D eigenvalue weighted by atomic mass is 10.2. The van der Waals surface area contributed by atoms with Crippen molar-refractivity contribution in [3.8, 4) is 0 Å². The maximum Gasteiger partial charge on any atom is 0.251 e. The number of nitrogens with zero attached hydrogens (tertiary/aromatic N) is 1. The van der Waals surface area contributed by atoms with Gasteiger partial charge in [0.25, 0.3) is 5.56 Å². The van der Waals surface area contributed by atoms with E-state index in [0.717, 1.165) is 14.5 Å². The molecule has 1 amide bonds. The van der Waals surface area contributed by atoms with Gasteiger partial charge in [-0.3, -0.25) is 9.59 Å². The number of carbonyl (C=O) groups is 1. The van der Waals surface area contributed by atoms with Crippen LogP contribution in [0.1, 0.15) is 5.56 Å². The van der Waals surface area contributed by atoms with Gasteiger partial charge in [-0.05, 0) is 39.7 Å². The molecule has 7 heteroatoms. The van der Waals surface area contributed by atoms with Crippen molar-refractivity contribution in [1.29, 1.82) is 0 Å². The van der Waals surface area contributed by atoms with Crippen LogP contribution in [0.3, 0.4) is 0 Å². The number of hydrogen-bond donors (Lipinski definition) is 1. The Morgan fingerprint density at radius 2 is 1.90 bits per heavy atom. The second-order valence-corrected chi connectivity index (χ2v) is 6.56. The van der Waals surface area contributed by atoms with Crippen molar-refractivity contribution in [1.82, 2.24) is 9.88 Å². The first-order valence-corrected chi connectivity index (χ1v) is 7.99. The van der Waals surface area contributed by atoms with E-state index in [1.165, 1.54) is 10.6 Å². The molecule has 0 saturated heterocycles. The molecule has 0 saturated carbocycles. The number of aromatic nitrogens is 1. The fourth-order valence-corrected chi connectivity index (χ4v) is 2.81. The highest BCUT2D eigenvalue weighted by Crippen LogP contribution is 2.21. The van der Waals surface area contributed by atoms with Gasteiger partial charge in [-0.2, -0.15) is 0 Å². The average molecular weight is 435 g/mol. The Kier molecular flexibility index (Phi) is 5.61. The van der Waals surface area contributed by atoms with Gasteiger partial charge >= 0.3 is 0 Å². The molecule has 0 aliphatic rings. The molecule has 0 spiro atoms. The minimum absolute atomic E-state index is 0.0353. The highest BCUT2D eigenvalue weighted by molar-refractivity contribution is 9.10. The lowest BCUT2D eigenvalue weighted by molar-refractivity contribution is -0.121. The van der Waals surface area contributed by atoms with E-state index in [1.807, 2.05) is 12.1 Å². The summed E-state index contributed by atoms with van der Waals surface area (Å²) >= 11 is 12.7. The Morgan fingerprint density at radius 1 is 1.19 bits per heavy atom. The Bertz CT molecular complexity index is 731. The van der Waals surface area contributed by atoms with Crippen molar-refractivity contribution >= 4 is 49.4 Å². The summed E-state index contributed by atoms with van der Waals surface area (Å²) in [7, 11) is 0. The minimum atomic E-state index is -0.255. The summed E-state index contributed by atoms with van der Waals surface area (Å²) in [6, 6.07) is 8.49. The predicted molar refractivity (Wildman–Crippen MR) is 89.4 cm³/mol. The summed E-state index contributed by atoms with van der Waals surface area (Å²) in [6.45, 7) is 0.278. The second-order valence-electron chi connectivity index (χ2n) is 4.33. The lowest BCUT2D eigenvalue weighted by Gasteiger charge is -2.09. The molecule has 2 aromatic rings. The number of pyridine rings is 1. The van der Waals surface area contributed by atoms with Crippen LogP contribution in [0.4, 0.5) is 0 Å². The molecule has 0 radical (unpaired) electrons. The molecule has 21 heavy (non-hydrogen) atoms. The molecule has 2 rings (SSSR count). The smallest absolute Gasteiger partial charge is 0.251 e. The molecular weight excluding hydrogens is 423 g/mol. The van der Waals surface area contributed by atoms with Crippen LogP contribution in [-0.2, 0) is 17.9 Å². The van der Waals surface area contributed by atoms with E-state index < -0.39 is 0 Å². The molecular formula is C14H11Br2ClN2O2. The van der Waals surface area contributed by atoms with Gasteiger partial charge in [-0.1, -0.05) is 33.6 Å². The number of nitrogens with one attached hydrogen (secondary N) is 1. The van der Waals surface area contributed by atoms with Gasteiger partial charge in [0, 0.05) is 32.8 Å². The molecule has 0 atom stereocenters. The molecule has 110 valence electrons. The summed E-state index contributed by atoms with van der Waals surface area (Å²) in [5.74, 6) is -0.255. The summed E-state index contributed by atoms with van der Waals surface area (Å²) in [4.78, 5) is 23.5. The molecule has 0 fully saturated rings. The van der Waals surface area contributed by atoms with Crippen molar-refractivity contribution in [2.75, 3.05) is 0 Å². The highest BCUT2D eigenvalue weighted by Gasteiger charge is 2.07. The topological polar surface area (TPSA) is 51.1 Å².